The van der Waals surface area contributed by atoms with Gasteiger partial charge in [-0.2, -0.15) is 0 Å². The summed E-state index contributed by atoms with van der Waals surface area (Å²) in [5.74, 6) is 0.652. The first-order valence-corrected chi connectivity index (χ1v) is 7.23. The van der Waals surface area contributed by atoms with Gasteiger partial charge in [-0.3, -0.25) is 4.79 Å². The number of hydrogen-bond acceptors (Lipinski definition) is 5. The minimum Gasteiger partial charge on any atom is -0.369 e. The Labute approximate surface area is 116 Å². The predicted molar refractivity (Wildman–Crippen MR) is 75.2 cm³/mol. The van der Waals surface area contributed by atoms with Crippen molar-refractivity contribution in [3.8, 4) is 0 Å². The second-order valence-electron chi connectivity index (χ2n) is 3.96. The van der Waals surface area contributed by atoms with E-state index in [1.807, 2.05) is 20.1 Å². The monoisotopic (exact) mass is 288 g/mol. The number of nitrogens with one attached hydrogen (secondary N) is 2. The number of hydrogen-bond donors (Lipinski definition) is 2. The smallest absolute Gasteiger partial charge is 0.221 e. The summed E-state index contributed by atoms with van der Waals surface area (Å²) in [5, 5.41) is 6.88. The van der Waals surface area contributed by atoms with Gasteiger partial charge in [0.15, 0.2) is 5.16 Å². The summed E-state index contributed by atoms with van der Waals surface area (Å²) in [6, 6.07) is 1.80. The van der Waals surface area contributed by atoms with E-state index in [0.717, 1.165) is 0 Å². The zero-order chi connectivity index (χ0) is 13.5. The third-order valence-corrected chi connectivity index (χ3v) is 2.71. The second kappa shape index (κ2) is 7.43. The van der Waals surface area contributed by atoms with Crippen molar-refractivity contribution in [1.82, 2.24) is 15.3 Å². The summed E-state index contributed by atoms with van der Waals surface area (Å²) in [7, 11) is 0. The lowest BCUT2D eigenvalue weighted by molar-refractivity contribution is -0.121. The van der Waals surface area contributed by atoms with Crippen LogP contribution in [0.4, 0.5) is 5.82 Å². The predicted octanol–water partition coefficient (Wildman–Crippen LogP) is 2.18. The zero-order valence-corrected chi connectivity index (χ0v) is 12.2. The summed E-state index contributed by atoms with van der Waals surface area (Å²) in [4.78, 5) is 19.7. The maximum absolute atomic E-state index is 11.4. The number of thioether (sulfide) groups is 1. The molecule has 0 aliphatic heterocycles. The largest absolute Gasteiger partial charge is 0.369 e. The summed E-state index contributed by atoms with van der Waals surface area (Å²) >= 11 is 7.27. The van der Waals surface area contributed by atoms with Gasteiger partial charge < -0.3 is 10.6 Å². The van der Waals surface area contributed by atoms with Gasteiger partial charge in [-0.15, -0.1) is 0 Å². The summed E-state index contributed by atoms with van der Waals surface area (Å²) < 4.78 is 0. The molecule has 0 bridgehead atoms. The zero-order valence-electron chi connectivity index (χ0n) is 10.7. The molecule has 1 amide bonds. The fraction of sp³-hybridized carbons (Fsp3) is 0.545. The van der Waals surface area contributed by atoms with Crippen molar-refractivity contribution in [1.29, 1.82) is 0 Å². The number of amides is 1. The van der Waals surface area contributed by atoms with Gasteiger partial charge in [0.05, 0.1) is 0 Å². The molecule has 0 saturated heterocycles. The number of rotatable bonds is 6. The van der Waals surface area contributed by atoms with Crippen molar-refractivity contribution >= 4 is 35.1 Å². The van der Waals surface area contributed by atoms with E-state index >= 15 is 0 Å². The van der Waals surface area contributed by atoms with Crippen molar-refractivity contribution in [2.75, 3.05) is 18.1 Å². The highest BCUT2D eigenvalue weighted by Crippen LogP contribution is 2.16. The molecule has 1 aromatic heterocycles. The van der Waals surface area contributed by atoms with Gasteiger partial charge in [-0.1, -0.05) is 23.4 Å². The Balaban J connectivity index is 2.44. The van der Waals surface area contributed by atoms with Crippen LogP contribution in [0.1, 0.15) is 20.3 Å². The van der Waals surface area contributed by atoms with E-state index in [9.17, 15) is 4.79 Å². The molecule has 1 rings (SSSR count). The summed E-state index contributed by atoms with van der Waals surface area (Å²) in [6.07, 6.45) is 2.28. The topological polar surface area (TPSA) is 66.9 Å². The van der Waals surface area contributed by atoms with E-state index < -0.39 is 0 Å². The Hall–Kier alpha value is -1.01. The molecule has 100 valence electrons. The maximum atomic E-state index is 11.4. The highest BCUT2D eigenvalue weighted by atomic mass is 35.5. The van der Waals surface area contributed by atoms with E-state index in [1.54, 1.807) is 6.07 Å². The van der Waals surface area contributed by atoms with Crippen LogP contribution in [0.2, 0.25) is 5.15 Å². The molecular formula is C11H17ClN4OS. The van der Waals surface area contributed by atoms with E-state index in [2.05, 4.69) is 20.6 Å². The van der Waals surface area contributed by atoms with Gasteiger partial charge in [-0.05, 0) is 20.1 Å². The Bertz CT molecular complexity index is 414. The first-order valence-electron chi connectivity index (χ1n) is 5.63. The highest BCUT2D eigenvalue weighted by molar-refractivity contribution is 7.98. The molecule has 0 unspecified atom stereocenters. The summed E-state index contributed by atoms with van der Waals surface area (Å²) in [5.41, 5.74) is 0. The van der Waals surface area contributed by atoms with E-state index in [0.29, 0.717) is 29.1 Å². The van der Waals surface area contributed by atoms with Crippen LogP contribution in [0.15, 0.2) is 11.2 Å². The van der Waals surface area contributed by atoms with Crippen LogP contribution in [0, 0.1) is 0 Å². The number of nitrogens with zero attached hydrogens (tertiary/aromatic N) is 2. The van der Waals surface area contributed by atoms with Crippen LogP contribution >= 0.6 is 23.4 Å². The quantitative estimate of drug-likeness (QED) is 0.477. The van der Waals surface area contributed by atoms with Gasteiger partial charge >= 0.3 is 0 Å². The van der Waals surface area contributed by atoms with Crippen LogP contribution < -0.4 is 10.6 Å². The standard InChI is InChI=1S/C11H17ClN4OS/c1-7(2)14-10(17)4-5-13-9-6-8(12)15-11(16-9)18-3/h6-7H,4-5H2,1-3H3,(H,14,17)(H,13,15,16). The van der Waals surface area contributed by atoms with Gasteiger partial charge in [0, 0.05) is 25.1 Å². The van der Waals surface area contributed by atoms with Gasteiger partial charge in [0.1, 0.15) is 11.0 Å². The van der Waals surface area contributed by atoms with Crippen molar-refractivity contribution in [3.63, 3.8) is 0 Å². The molecule has 0 atom stereocenters. The Morgan fingerprint density at radius 2 is 2.22 bits per heavy atom. The van der Waals surface area contributed by atoms with Crippen molar-refractivity contribution in [3.05, 3.63) is 11.2 Å². The molecule has 1 aromatic rings. The van der Waals surface area contributed by atoms with E-state index in [-0.39, 0.29) is 11.9 Å². The van der Waals surface area contributed by atoms with Crippen molar-refractivity contribution < 1.29 is 4.79 Å². The molecule has 0 aromatic carbocycles. The van der Waals surface area contributed by atoms with Crippen LogP contribution in [0.5, 0.6) is 0 Å². The molecule has 5 nitrogen and oxygen atoms in total. The fourth-order valence-electron chi connectivity index (χ4n) is 1.28. The molecule has 0 aliphatic carbocycles. The first-order chi connectivity index (χ1) is 8.51. The second-order valence-corrected chi connectivity index (χ2v) is 5.12. The normalized spacial score (nSPS) is 10.5. The Morgan fingerprint density at radius 3 is 2.83 bits per heavy atom. The van der Waals surface area contributed by atoms with E-state index in [4.69, 9.17) is 11.6 Å². The number of aromatic nitrogens is 2. The SMILES string of the molecule is CSc1nc(Cl)cc(NCCC(=O)NC(C)C)n1. The van der Waals surface area contributed by atoms with Crippen LogP contribution in [0.25, 0.3) is 0 Å². The lowest BCUT2D eigenvalue weighted by Gasteiger charge is -2.09. The maximum Gasteiger partial charge on any atom is 0.221 e. The van der Waals surface area contributed by atoms with Crippen molar-refractivity contribution in [2.45, 2.75) is 31.5 Å². The fourth-order valence-corrected chi connectivity index (χ4v) is 1.89. The molecule has 2 N–H and O–H groups in total. The molecule has 0 spiro atoms. The van der Waals surface area contributed by atoms with E-state index in [1.165, 1.54) is 11.8 Å². The van der Waals surface area contributed by atoms with Gasteiger partial charge in [0.25, 0.3) is 0 Å². The number of carbonyl (C=O) groups excluding carboxylic acids is 1. The Kier molecular flexibility index (Phi) is 6.21. The number of anilines is 1. The minimum atomic E-state index is 0.0164. The highest BCUT2D eigenvalue weighted by Gasteiger charge is 2.05. The summed E-state index contributed by atoms with van der Waals surface area (Å²) in [6.45, 7) is 4.38. The molecular weight excluding hydrogens is 272 g/mol. The van der Waals surface area contributed by atoms with Crippen LogP contribution in [-0.4, -0.2) is 34.7 Å². The first kappa shape index (κ1) is 15.0. The average molecular weight is 289 g/mol. The lowest BCUT2D eigenvalue weighted by Crippen LogP contribution is -2.31. The molecule has 0 radical (unpaired) electrons. The average Bonchev–Trinajstić information content (AvgIpc) is 2.27. The molecule has 7 heteroatoms. The molecule has 18 heavy (non-hydrogen) atoms. The molecule has 0 aliphatic rings. The number of carbonyl (C=O) groups is 1. The molecule has 1 heterocycles. The third-order valence-electron chi connectivity index (χ3n) is 1.96. The van der Waals surface area contributed by atoms with Crippen LogP contribution in [-0.2, 0) is 4.79 Å². The van der Waals surface area contributed by atoms with Gasteiger partial charge in [0.2, 0.25) is 5.91 Å². The number of halogens is 1. The van der Waals surface area contributed by atoms with Crippen molar-refractivity contribution in [2.24, 2.45) is 0 Å². The lowest BCUT2D eigenvalue weighted by atomic mass is 10.3. The van der Waals surface area contributed by atoms with Crippen LogP contribution in [0.3, 0.4) is 0 Å². The Morgan fingerprint density at radius 1 is 1.50 bits per heavy atom. The minimum absolute atomic E-state index is 0.0164. The molecule has 0 saturated carbocycles. The molecule has 0 fully saturated rings. The van der Waals surface area contributed by atoms with Gasteiger partial charge in [-0.25, -0.2) is 9.97 Å². The third kappa shape index (κ3) is 5.55.